The third-order valence-corrected chi connectivity index (χ3v) is 4.30. The van der Waals surface area contributed by atoms with Gasteiger partial charge in [-0.05, 0) is 42.0 Å². The van der Waals surface area contributed by atoms with Crippen LogP contribution in [0.4, 0.5) is 0 Å². The van der Waals surface area contributed by atoms with Gasteiger partial charge in [-0.1, -0.05) is 23.7 Å². The fraction of sp³-hybridized carbons (Fsp3) is 0.188. The molecule has 21 heavy (non-hydrogen) atoms. The Morgan fingerprint density at radius 2 is 1.67 bits per heavy atom. The Kier molecular flexibility index (Phi) is 5.15. The van der Waals surface area contributed by atoms with Gasteiger partial charge in [0.15, 0.2) is 0 Å². The van der Waals surface area contributed by atoms with Crippen molar-refractivity contribution in [2.45, 2.75) is 11.4 Å². The van der Waals surface area contributed by atoms with E-state index in [-0.39, 0.29) is 5.91 Å². The van der Waals surface area contributed by atoms with Crippen molar-refractivity contribution in [2.75, 3.05) is 13.3 Å². The summed E-state index contributed by atoms with van der Waals surface area (Å²) >= 11 is 5.84. The van der Waals surface area contributed by atoms with Gasteiger partial charge in [0.25, 0.3) is 5.91 Å². The first kappa shape index (κ1) is 15.7. The molecule has 1 unspecified atom stereocenters. The number of carbonyl (C=O) groups excluding carboxylic acids is 1. The van der Waals surface area contributed by atoms with Gasteiger partial charge in [-0.15, -0.1) is 0 Å². The van der Waals surface area contributed by atoms with Gasteiger partial charge in [0, 0.05) is 46.1 Å². The zero-order chi connectivity index (χ0) is 15.4. The summed E-state index contributed by atoms with van der Waals surface area (Å²) in [4.78, 5) is 14.7. The highest BCUT2D eigenvalue weighted by molar-refractivity contribution is 7.84. The maximum atomic E-state index is 12.3. The van der Waals surface area contributed by atoms with E-state index >= 15 is 0 Å². The molecule has 0 aliphatic rings. The summed E-state index contributed by atoms with van der Waals surface area (Å²) < 4.78 is 11.3. The van der Waals surface area contributed by atoms with Gasteiger partial charge in [0.05, 0.1) is 0 Å². The van der Waals surface area contributed by atoms with Gasteiger partial charge in [0.1, 0.15) is 0 Å². The van der Waals surface area contributed by atoms with E-state index in [0.717, 1.165) is 5.56 Å². The number of nitrogens with zero attached hydrogens (tertiary/aromatic N) is 1. The van der Waals surface area contributed by atoms with Crippen molar-refractivity contribution in [2.24, 2.45) is 0 Å². The van der Waals surface area contributed by atoms with E-state index in [0.29, 0.717) is 22.0 Å². The molecule has 2 aromatic rings. The number of hydrogen-bond donors (Lipinski definition) is 0. The van der Waals surface area contributed by atoms with Crippen molar-refractivity contribution in [3.63, 3.8) is 0 Å². The fourth-order valence-electron chi connectivity index (χ4n) is 1.95. The summed E-state index contributed by atoms with van der Waals surface area (Å²) in [5, 5.41) is 0.677. The van der Waals surface area contributed by atoms with Crippen LogP contribution in [0.1, 0.15) is 15.9 Å². The van der Waals surface area contributed by atoms with Crippen LogP contribution < -0.4 is 0 Å². The van der Waals surface area contributed by atoms with E-state index in [4.69, 9.17) is 11.6 Å². The lowest BCUT2D eigenvalue weighted by Crippen LogP contribution is -2.26. The van der Waals surface area contributed by atoms with Gasteiger partial charge in [0.2, 0.25) is 0 Å². The van der Waals surface area contributed by atoms with Crippen LogP contribution in [0.25, 0.3) is 0 Å². The SMILES string of the molecule is CN(Cc1ccc(Cl)cc1)C(=O)c1ccc(S(C)=O)cc1. The van der Waals surface area contributed by atoms with Crippen molar-refractivity contribution in [1.29, 1.82) is 0 Å². The molecule has 0 aliphatic carbocycles. The summed E-state index contributed by atoms with van der Waals surface area (Å²) in [6.07, 6.45) is 1.61. The average Bonchev–Trinajstić information content (AvgIpc) is 2.49. The predicted octanol–water partition coefficient (Wildman–Crippen LogP) is 3.35. The van der Waals surface area contributed by atoms with Crippen molar-refractivity contribution in [3.8, 4) is 0 Å². The maximum absolute atomic E-state index is 12.3. The van der Waals surface area contributed by atoms with Crippen LogP contribution in [0.15, 0.2) is 53.4 Å². The van der Waals surface area contributed by atoms with E-state index in [1.165, 1.54) is 0 Å². The second kappa shape index (κ2) is 6.87. The zero-order valence-electron chi connectivity index (χ0n) is 11.9. The lowest BCUT2D eigenvalue weighted by Gasteiger charge is -2.17. The Balaban J connectivity index is 2.08. The summed E-state index contributed by atoms with van der Waals surface area (Å²) in [6.45, 7) is 0.511. The molecule has 110 valence electrons. The van der Waals surface area contributed by atoms with E-state index in [9.17, 15) is 9.00 Å². The van der Waals surface area contributed by atoms with E-state index in [2.05, 4.69) is 0 Å². The first-order chi connectivity index (χ1) is 9.97. The van der Waals surface area contributed by atoms with Crippen LogP contribution in [-0.4, -0.2) is 28.3 Å². The first-order valence-corrected chi connectivity index (χ1v) is 8.34. The van der Waals surface area contributed by atoms with Gasteiger partial charge in [-0.2, -0.15) is 0 Å². The topological polar surface area (TPSA) is 37.4 Å². The Morgan fingerprint density at radius 1 is 1.10 bits per heavy atom. The van der Waals surface area contributed by atoms with Crippen LogP contribution in [-0.2, 0) is 17.3 Å². The zero-order valence-corrected chi connectivity index (χ0v) is 13.4. The molecule has 0 bridgehead atoms. The second-order valence-corrected chi connectivity index (χ2v) is 6.58. The Morgan fingerprint density at radius 3 is 2.19 bits per heavy atom. The third-order valence-electron chi connectivity index (χ3n) is 3.11. The largest absolute Gasteiger partial charge is 0.337 e. The third kappa shape index (κ3) is 4.16. The van der Waals surface area contributed by atoms with Crippen molar-refractivity contribution in [3.05, 3.63) is 64.7 Å². The van der Waals surface area contributed by atoms with E-state index < -0.39 is 10.8 Å². The van der Waals surface area contributed by atoms with Crippen molar-refractivity contribution >= 4 is 28.3 Å². The highest BCUT2D eigenvalue weighted by Gasteiger charge is 2.12. The highest BCUT2D eigenvalue weighted by Crippen LogP contribution is 2.13. The van der Waals surface area contributed by atoms with Crippen LogP contribution in [0.2, 0.25) is 5.02 Å². The first-order valence-electron chi connectivity index (χ1n) is 6.41. The number of halogens is 1. The average molecular weight is 322 g/mol. The molecule has 1 atom stereocenters. The van der Waals surface area contributed by atoms with Crippen LogP contribution in [0.3, 0.4) is 0 Å². The quantitative estimate of drug-likeness (QED) is 0.866. The molecule has 0 aromatic heterocycles. The molecule has 5 heteroatoms. The summed E-state index contributed by atoms with van der Waals surface area (Å²) in [5.74, 6) is -0.0709. The predicted molar refractivity (Wildman–Crippen MR) is 86.0 cm³/mol. The molecule has 3 nitrogen and oxygen atoms in total. The summed E-state index contributed by atoms with van der Waals surface area (Å²) in [6, 6.07) is 14.3. The monoisotopic (exact) mass is 321 g/mol. The number of rotatable bonds is 4. The minimum atomic E-state index is -1.03. The molecule has 0 N–H and O–H groups in total. The molecule has 0 radical (unpaired) electrons. The Labute approximate surface area is 132 Å². The molecule has 0 saturated carbocycles. The van der Waals surface area contributed by atoms with Crippen molar-refractivity contribution in [1.82, 2.24) is 4.90 Å². The number of hydrogen-bond acceptors (Lipinski definition) is 2. The molecule has 2 rings (SSSR count). The highest BCUT2D eigenvalue weighted by atomic mass is 35.5. The minimum Gasteiger partial charge on any atom is -0.337 e. The lowest BCUT2D eigenvalue weighted by atomic mass is 10.1. The van der Waals surface area contributed by atoms with Crippen LogP contribution >= 0.6 is 11.6 Å². The van der Waals surface area contributed by atoms with Gasteiger partial charge >= 0.3 is 0 Å². The summed E-state index contributed by atoms with van der Waals surface area (Å²) in [7, 11) is 0.720. The number of benzene rings is 2. The number of carbonyl (C=O) groups is 1. The van der Waals surface area contributed by atoms with Crippen LogP contribution in [0, 0.1) is 0 Å². The van der Waals surface area contributed by atoms with E-state index in [1.807, 2.05) is 12.1 Å². The van der Waals surface area contributed by atoms with Crippen LogP contribution in [0.5, 0.6) is 0 Å². The molecule has 0 heterocycles. The van der Waals surface area contributed by atoms with Gasteiger partial charge in [-0.3, -0.25) is 9.00 Å². The second-order valence-electron chi connectivity index (χ2n) is 4.77. The Hall–Kier alpha value is -1.65. The molecular formula is C16H16ClNO2S. The van der Waals surface area contributed by atoms with Gasteiger partial charge in [-0.25, -0.2) is 0 Å². The summed E-state index contributed by atoms with van der Waals surface area (Å²) in [5.41, 5.74) is 1.60. The maximum Gasteiger partial charge on any atom is 0.253 e. The van der Waals surface area contributed by atoms with Gasteiger partial charge < -0.3 is 4.90 Å². The number of amides is 1. The lowest BCUT2D eigenvalue weighted by molar-refractivity contribution is 0.0785. The molecule has 0 saturated heterocycles. The normalized spacial score (nSPS) is 12.0. The van der Waals surface area contributed by atoms with Crippen molar-refractivity contribution < 1.29 is 9.00 Å². The smallest absolute Gasteiger partial charge is 0.253 e. The molecule has 1 amide bonds. The molecule has 0 spiro atoms. The molecular weight excluding hydrogens is 306 g/mol. The van der Waals surface area contributed by atoms with E-state index in [1.54, 1.807) is 54.6 Å². The Bertz CT molecular complexity index is 653. The molecule has 0 fully saturated rings. The minimum absolute atomic E-state index is 0.0709. The molecule has 2 aromatic carbocycles. The standard InChI is InChI=1S/C16H16ClNO2S/c1-18(11-12-3-7-14(17)8-4-12)16(19)13-5-9-15(10-6-13)21(2)20/h3-10H,11H2,1-2H3. The fourth-order valence-corrected chi connectivity index (χ4v) is 2.59. The molecule has 0 aliphatic heterocycles.